The fraction of sp³-hybridized carbons (Fsp3) is 0.588. The van der Waals surface area contributed by atoms with Crippen LogP contribution in [-0.2, 0) is 4.79 Å². The average Bonchev–Trinajstić information content (AvgIpc) is 2.43. The maximum atomic E-state index is 12.1. The second-order valence-electron chi connectivity index (χ2n) is 6.38. The highest BCUT2D eigenvalue weighted by atomic mass is 16.2. The molecule has 4 heteroatoms. The molecule has 1 amide bonds. The van der Waals surface area contributed by atoms with Crippen molar-refractivity contribution in [3.63, 3.8) is 0 Å². The molecule has 0 bridgehead atoms. The second kappa shape index (κ2) is 7.91. The molecule has 0 spiro atoms. The first-order valence-corrected chi connectivity index (χ1v) is 7.58. The predicted molar refractivity (Wildman–Crippen MR) is 84.1 cm³/mol. The molecule has 0 unspecified atom stereocenters. The molecule has 1 heterocycles. The van der Waals surface area contributed by atoms with Crippen molar-refractivity contribution >= 4 is 11.7 Å². The number of Topliss-reactive ketones (excluding diaryl/α,β-unsaturated/α-hetero) is 1. The zero-order chi connectivity index (χ0) is 15.9. The van der Waals surface area contributed by atoms with E-state index in [1.54, 1.807) is 24.4 Å². The number of aromatic nitrogens is 1. The van der Waals surface area contributed by atoms with Gasteiger partial charge >= 0.3 is 0 Å². The normalized spacial score (nSPS) is 11.5. The number of nitrogens with one attached hydrogen (secondary N) is 1. The van der Waals surface area contributed by atoms with E-state index in [4.69, 9.17) is 0 Å². The zero-order valence-corrected chi connectivity index (χ0v) is 13.5. The van der Waals surface area contributed by atoms with Gasteiger partial charge in [-0.2, -0.15) is 0 Å². The highest BCUT2D eigenvalue weighted by Gasteiger charge is 2.21. The molecule has 1 aromatic rings. The van der Waals surface area contributed by atoms with Crippen LogP contribution in [0.5, 0.6) is 0 Å². The minimum atomic E-state index is -0.296. The summed E-state index contributed by atoms with van der Waals surface area (Å²) in [5.41, 5.74) is 0.135. The molecule has 0 fully saturated rings. The highest BCUT2D eigenvalue weighted by Crippen LogP contribution is 2.15. The maximum Gasteiger partial charge on any atom is 0.270 e. The lowest BCUT2D eigenvalue weighted by Gasteiger charge is -2.26. The van der Waals surface area contributed by atoms with E-state index >= 15 is 0 Å². The predicted octanol–water partition coefficient (Wildman–Crippen LogP) is 3.38. The smallest absolute Gasteiger partial charge is 0.270 e. The molecule has 0 aliphatic rings. The SMILES string of the molecule is CC(C)C(=O)CCCCC(C)(C)NC(=O)c1ccccn1. The van der Waals surface area contributed by atoms with Crippen molar-refractivity contribution in [2.24, 2.45) is 5.92 Å². The van der Waals surface area contributed by atoms with Crippen LogP contribution in [0.15, 0.2) is 24.4 Å². The largest absolute Gasteiger partial charge is 0.346 e. The van der Waals surface area contributed by atoms with Crippen LogP contribution < -0.4 is 5.32 Å². The molecule has 1 rings (SSSR count). The highest BCUT2D eigenvalue weighted by molar-refractivity contribution is 5.92. The van der Waals surface area contributed by atoms with Crippen LogP contribution in [0, 0.1) is 5.92 Å². The lowest BCUT2D eigenvalue weighted by Crippen LogP contribution is -2.43. The minimum absolute atomic E-state index is 0.113. The molecule has 1 N–H and O–H groups in total. The number of hydrogen-bond acceptors (Lipinski definition) is 3. The van der Waals surface area contributed by atoms with Crippen LogP contribution in [0.2, 0.25) is 0 Å². The average molecular weight is 290 g/mol. The molecular weight excluding hydrogens is 264 g/mol. The second-order valence-corrected chi connectivity index (χ2v) is 6.38. The van der Waals surface area contributed by atoms with Gasteiger partial charge in [0.2, 0.25) is 0 Å². The van der Waals surface area contributed by atoms with Crippen molar-refractivity contribution in [1.29, 1.82) is 0 Å². The Hall–Kier alpha value is -1.71. The Morgan fingerprint density at radius 3 is 2.52 bits per heavy atom. The van der Waals surface area contributed by atoms with Gasteiger partial charge in [0.25, 0.3) is 5.91 Å². The maximum absolute atomic E-state index is 12.1. The number of unbranched alkanes of at least 4 members (excludes halogenated alkanes) is 1. The third-order valence-corrected chi connectivity index (χ3v) is 3.47. The first-order chi connectivity index (χ1) is 9.82. The summed E-state index contributed by atoms with van der Waals surface area (Å²) in [6.07, 6.45) is 4.88. The Kier molecular flexibility index (Phi) is 6.53. The molecule has 0 saturated carbocycles. The van der Waals surface area contributed by atoms with Crippen LogP contribution in [0.1, 0.15) is 63.9 Å². The number of pyridine rings is 1. The zero-order valence-electron chi connectivity index (χ0n) is 13.5. The standard InChI is InChI=1S/C17H26N2O2/c1-13(2)15(20)10-5-7-11-17(3,4)19-16(21)14-9-6-8-12-18-14/h6,8-9,12-13H,5,7,10-11H2,1-4H3,(H,19,21). The first-order valence-electron chi connectivity index (χ1n) is 7.58. The van der Waals surface area contributed by atoms with E-state index in [-0.39, 0.29) is 17.4 Å². The van der Waals surface area contributed by atoms with Crippen LogP contribution in [-0.4, -0.2) is 22.2 Å². The van der Waals surface area contributed by atoms with Gasteiger partial charge in [-0.25, -0.2) is 0 Å². The molecule has 0 aliphatic heterocycles. The minimum Gasteiger partial charge on any atom is -0.346 e. The van der Waals surface area contributed by atoms with Crippen LogP contribution in [0.3, 0.4) is 0 Å². The molecule has 0 radical (unpaired) electrons. The van der Waals surface area contributed by atoms with E-state index in [9.17, 15) is 9.59 Å². The van der Waals surface area contributed by atoms with Crippen molar-refractivity contribution in [3.05, 3.63) is 30.1 Å². The molecular formula is C17H26N2O2. The van der Waals surface area contributed by atoms with Crippen LogP contribution >= 0.6 is 0 Å². The molecule has 21 heavy (non-hydrogen) atoms. The summed E-state index contributed by atoms with van der Waals surface area (Å²) in [5, 5.41) is 3.00. The number of hydrogen-bond donors (Lipinski definition) is 1. The van der Waals surface area contributed by atoms with Gasteiger partial charge in [0, 0.05) is 24.1 Å². The number of carbonyl (C=O) groups excluding carboxylic acids is 2. The summed E-state index contributed by atoms with van der Waals surface area (Å²) in [6.45, 7) is 7.86. The fourth-order valence-electron chi connectivity index (χ4n) is 2.09. The molecule has 1 aromatic heterocycles. The Morgan fingerprint density at radius 2 is 1.95 bits per heavy atom. The number of carbonyl (C=O) groups is 2. The van der Waals surface area contributed by atoms with Gasteiger partial charge in [0.1, 0.15) is 11.5 Å². The summed E-state index contributed by atoms with van der Waals surface area (Å²) in [5.74, 6) is 0.269. The third kappa shape index (κ3) is 6.52. The number of rotatable bonds is 8. The van der Waals surface area contributed by atoms with Crippen molar-refractivity contribution in [3.8, 4) is 0 Å². The monoisotopic (exact) mass is 290 g/mol. The molecule has 116 valence electrons. The molecule has 0 saturated heterocycles. The Labute approximate surface area is 127 Å². The topological polar surface area (TPSA) is 59.1 Å². The van der Waals surface area contributed by atoms with E-state index < -0.39 is 0 Å². The Morgan fingerprint density at radius 1 is 1.24 bits per heavy atom. The van der Waals surface area contributed by atoms with E-state index in [0.717, 1.165) is 19.3 Å². The summed E-state index contributed by atoms with van der Waals surface area (Å²) in [7, 11) is 0. The number of amides is 1. The van der Waals surface area contributed by atoms with Crippen molar-refractivity contribution in [1.82, 2.24) is 10.3 Å². The lowest BCUT2D eigenvalue weighted by atomic mass is 9.94. The lowest BCUT2D eigenvalue weighted by molar-refractivity contribution is -0.122. The summed E-state index contributed by atoms with van der Waals surface area (Å²) in [6, 6.07) is 5.28. The van der Waals surface area contributed by atoms with Crippen LogP contribution in [0.4, 0.5) is 0 Å². The van der Waals surface area contributed by atoms with E-state index in [1.165, 1.54) is 0 Å². The summed E-state index contributed by atoms with van der Waals surface area (Å²) >= 11 is 0. The third-order valence-electron chi connectivity index (χ3n) is 3.47. The Bertz CT molecular complexity index is 467. The Balaban J connectivity index is 2.37. The fourth-order valence-corrected chi connectivity index (χ4v) is 2.09. The van der Waals surface area contributed by atoms with Gasteiger partial charge in [-0.1, -0.05) is 26.3 Å². The molecule has 4 nitrogen and oxygen atoms in total. The van der Waals surface area contributed by atoms with Crippen LogP contribution in [0.25, 0.3) is 0 Å². The van der Waals surface area contributed by atoms with Gasteiger partial charge in [-0.05, 0) is 38.8 Å². The van der Waals surface area contributed by atoms with E-state index in [1.807, 2.05) is 27.7 Å². The summed E-state index contributed by atoms with van der Waals surface area (Å²) < 4.78 is 0. The van der Waals surface area contributed by atoms with Crippen molar-refractivity contribution in [2.45, 2.75) is 58.9 Å². The van der Waals surface area contributed by atoms with E-state index in [0.29, 0.717) is 17.9 Å². The van der Waals surface area contributed by atoms with Gasteiger partial charge in [-0.15, -0.1) is 0 Å². The number of nitrogens with zero attached hydrogens (tertiary/aromatic N) is 1. The van der Waals surface area contributed by atoms with Gasteiger partial charge < -0.3 is 5.32 Å². The van der Waals surface area contributed by atoms with E-state index in [2.05, 4.69) is 10.3 Å². The van der Waals surface area contributed by atoms with Gasteiger partial charge in [0.15, 0.2) is 0 Å². The van der Waals surface area contributed by atoms with Crippen molar-refractivity contribution < 1.29 is 9.59 Å². The van der Waals surface area contributed by atoms with Gasteiger partial charge in [-0.3, -0.25) is 14.6 Å². The molecule has 0 atom stereocenters. The molecule has 0 aromatic carbocycles. The molecule has 0 aliphatic carbocycles. The van der Waals surface area contributed by atoms with Crippen molar-refractivity contribution in [2.75, 3.05) is 0 Å². The quantitative estimate of drug-likeness (QED) is 0.747. The summed E-state index contributed by atoms with van der Waals surface area (Å²) in [4.78, 5) is 27.7. The van der Waals surface area contributed by atoms with Gasteiger partial charge in [0.05, 0.1) is 0 Å². The number of ketones is 1. The first kappa shape index (κ1) is 17.3.